The summed E-state index contributed by atoms with van der Waals surface area (Å²) in [6.07, 6.45) is 2.08. The third-order valence-electron chi connectivity index (χ3n) is 3.19. The molecule has 0 amide bonds. The summed E-state index contributed by atoms with van der Waals surface area (Å²) in [7, 11) is 0. The number of nitrogens with two attached hydrogens (primary N) is 1. The molecular formula is C12H16F2N2. The van der Waals surface area contributed by atoms with Crippen LogP contribution in [0.15, 0.2) is 12.1 Å². The van der Waals surface area contributed by atoms with Gasteiger partial charge < -0.3 is 10.6 Å². The van der Waals surface area contributed by atoms with E-state index in [2.05, 4.69) is 6.92 Å². The molecule has 0 aliphatic carbocycles. The highest BCUT2D eigenvalue weighted by atomic mass is 19.1. The fourth-order valence-corrected chi connectivity index (χ4v) is 2.05. The van der Waals surface area contributed by atoms with Crippen molar-refractivity contribution < 1.29 is 8.78 Å². The normalized spacial score (nSPS) is 17.8. The zero-order valence-electron chi connectivity index (χ0n) is 9.34. The van der Waals surface area contributed by atoms with Crippen molar-refractivity contribution in [3.8, 4) is 0 Å². The molecule has 1 heterocycles. The van der Waals surface area contributed by atoms with Gasteiger partial charge >= 0.3 is 0 Å². The van der Waals surface area contributed by atoms with E-state index in [-0.39, 0.29) is 5.69 Å². The van der Waals surface area contributed by atoms with Crippen molar-refractivity contribution in [3.63, 3.8) is 0 Å². The molecule has 88 valence electrons. The summed E-state index contributed by atoms with van der Waals surface area (Å²) < 4.78 is 26.6. The molecule has 1 aliphatic heterocycles. The van der Waals surface area contributed by atoms with Crippen LogP contribution < -0.4 is 10.6 Å². The molecule has 1 aromatic rings. The summed E-state index contributed by atoms with van der Waals surface area (Å²) in [5, 5.41) is 0. The number of anilines is 2. The average Bonchev–Trinajstić information content (AvgIpc) is 2.25. The number of nitrogen functional groups attached to an aromatic ring is 1. The maximum atomic E-state index is 13.6. The number of nitrogens with zero attached hydrogens (tertiary/aromatic N) is 1. The first-order valence-electron chi connectivity index (χ1n) is 5.57. The Hall–Kier alpha value is -1.32. The van der Waals surface area contributed by atoms with Gasteiger partial charge in [0.1, 0.15) is 11.6 Å². The fourth-order valence-electron chi connectivity index (χ4n) is 2.05. The predicted octanol–water partition coefficient (Wildman–Crippen LogP) is 2.78. The van der Waals surface area contributed by atoms with Crippen molar-refractivity contribution in [2.24, 2.45) is 5.92 Å². The molecule has 0 atom stereocenters. The van der Waals surface area contributed by atoms with Crippen LogP contribution in [-0.4, -0.2) is 13.1 Å². The molecule has 2 rings (SSSR count). The van der Waals surface area contributed by atoms with Gasteiger partial charge in [0.25, 0.3) is 0 Å². The van der Waals surface area contributed by atoms with Gasteiger partial charge in [-0.25, -0.2) is 8.78 Å². The van der Waals surface area contributed by atoms with E-state index in [9.17, 15) is 8.78 Å². The molecule has 16 heavy (non-hydrogen) atoms. The molecule has 4 heteroatoms. The summed E-state index contributed by atoms with van der Waals surface area (Å²) >= 11 is 0. The van der Waals surface area contributed by atoms with Crippen LogP contribution >= 0.6 is 0 Å². The lowest BCUT2D eigenvalue weighted by Gasteiger charge is -2.32. The lowest BCUT2D eigenvalue weighted by molar-refractivity contribution is 0.434. The second-order valence-electron chi connectivity index (χ2n) is 4.49. The first-order chi connectivity index (χ1) is 7.58. The third kappa shape index (κ3) is 2.10. The van der Waals surface area contributed by atoms with Crippen molar-refractivity contribution in [1.29, 1.82) is 0 Å². The average molecular weight is 226 g/mol. The molecule has 0 radical (unpaired) electrons. The van der Waals surface area contributed by atoms with Gasteiger partial charge in [-0.15, -0.1) is 0 Å². The minimum absolute atomic E-state index is 0.00928. The van der Waals surface area contributed by atoms with E-state index in [1.165, 1.54) is 6.07 Å². The molecule has 1 saturated heterocycles. The molecule has 0 unspecified atom stereocenters. The Morgan fingerprint density at radius 2 is 1.81 bits per heavy atom. The van der Waals surface area contributed by atoms with Crippen molar-refractivity contribution in [3.05, 3.63) is 23.8 Å². The summed E-state index contributed by atoms with van der Waals surface area (Å²) in [5.41, 5.74) is 5.89. The Morgan fingerprint density at radius 1 is 1.19 bits per heavy atom. The van der Waals surface area contributed by atoms with E-state index in [4.69, 9.17) is 5.73 Å². The van der Waals surface area contributed by atoms with Crippen molar-refractivity contribution in [2.75, 3.05) is 23.7 Å². The first-order valence-corrected chi connectivity index (χ1v) is 5.57. The molecule has 0 aromatic heterocycles. The van der Waals surface area contributed by atoms with Crippen molar-refractivity contribution in [1.82, 2.24) is 0 Å². The number of hydrogen-bond acceptors (Lipinski definition) is 2. The molecule has 0 spiro atoms. The van der Waals surface area contributed by atoms with Gasteiger partial charge in [-0.3, -0.25) is 0 Å². The highest BCUT2D eigenvalue weighted by molar-refractivity contribution is 5.58. The second-order valence-corrected chi connectivity index (χ2v) is 4.49. The minimum Gasteiger partial charge on any atom is -0.396 e. The van der Waals surface area contributed by atoms with Crippen LogP contribution in [0.5, 0.6) is 0 Å². The maximum Gasteiger partial charge on any atom is 0.149 e. The number of rotatable bonds is 1. The van der Waals surface area contributed by atoms with Crippen LogP contribution in [0.2, 0.25) is 0 Å². The molecule has 1 aliphatic rings. The van der Waals surface area contributed by atoms with Crippen LogP contribution in [-0.2, 0) is 0 Å². The van der Waals surface area contributed by atoms with Crippen LogP contribution in [0, 0.1) is 17.6 Å². The van der Waals surface area contributed by atoms with Crippen LogP contribution in [0.4, 0.5) is 20.2 Å². The number of benzene rings is 1. The third-order valence-corrected chi connectivity index (χ3v) is 3.19. The zero-order chi connectivity index (χ0) is 11.7. The minimum atomic E-state index is -0.688. The molecular weight excluding hydrogens is 210 g/mol. The van der Waals surface area contributed by atoms with E-state index < -0.39 is 11.6 Å². The second kappa shape index (κ2) is 4.28. The Morgan fingerprint density at radius 3 is 2.44 bits per heavy atom. The standard InChI is InChI=1S/C12H16F2N2/c1-8-2-4-16(5-3-8)12-7-11(15)9(13)6-10(12)14/h6-8H,2-5,15H2,1H3. The van der Waals surface area contributed by atoms with E-state index in [0.717, 1.165) is 32.0 Å². The van der Waals surface area contributed by atoms with Crippen LogP contribution in [0.3, 0.4) is 0 Å². The molecule has 2 N–H and O–H groups in total. The molecule has 0 saturated carbocycles. The van der Waals surface area contributed by atoms with Crippen LogP contribution in [0.25, 0.3) is 0 Å². The Kier molecular flexibility index (Phi) is 2.99. The van der Waals surface area contributed by atoms with Crippen LogP contribution in [0.1, 0.15) is 19.8 Å². The summed E-state index contributed by atoms with van der Waals surface area (Å²) in [4.78, 5) is 1.94. The molecule has 1 fully saturated rings. The predicted molar refractivity (Wildman–Crippen MR) is 61.4 cm³/mol. The smallest absolute Gasteiger partial charge is 0.149 e. The SMILES string of the molecule is CC1CCN(c2cc(N)c(F)cc2F)CC1. The van der Waals surface area contributed by atoms with Gasteiger partial charge in [-0.2, -0.15) is 0 Å². The van der Waals surface area contributed by atoms with E-state index >= 15 is 0 Å². The summed E-state index contributed by atoms with van der Waals surface area (Å²) in [6.45, 7) is 3.80. The van der Waals surface area contributed by atoms with Crippen molar-refractivity contribution in [2.45, 2.75) is 19.8 Å². The van der Waals surface area contributed by atoms with Crippen molar-refractivity contribution >= 4 is 11.4 Å². The van der Waals surface area contributed by atoms with Gasteiger partial charge in [0.05, 0.1) is 11.4 Å². The summed E-state index contributed by atoms with van der Waals surface area (Å²) in [5.74, 6) is -0.537. The highest BCUT2D eigenvalue weighted by Crippen LogP contribution is 2.28. The zero-order valence-corrected chi connectivity index (χ0v) is 9.34. The van der Waals surface area contributed by atoms with E-state index in [1.807, 2.05) is 4.90 Å². The largest absolute Gasteiger partial charge is 0.396 e. The molecule has 1 aromatic carbocycles. The lowest BCUT2D eigenvalue weighted by Crippen LogP contribution is -2.33. The number of piperidine rings is 1. The van der Waals surface area contributed by atoms with Gasteiger partial charge in [0.15, 0.2) is 0 Å². The number of halogens is 2. The lowest BCUT2D eigenvalue weighted by atomic mass is 9.98. The van der Waals surface area contributed by atoms with E-state index in [1.54, 1.807) is 0 Å². The highest BCUT2D eigenvalue weighted by Gasteiger charge is 2.19. The Bertz CT molecular complexity index is 385. The topological polar surface area (TPSA) is 29.3 Å². The van der Waals surface area contributed by atoms with Gasteiger partial charge in [0.2, 0.25) is 0 Å². The molecule has 2 nitrogen and oxygen atoms in total. The maximum absolute atomic E-state index is 13.6. The summed E-state index contributed by atoms with van der Waals surface area (Å²) in [6, 6.07) is 2.25. The quantitative estimate of drug-likeness (QED) is 0.746. The Balaban J connectivity index is 2.23. The van der Waals surface area contributed by atoms with Gasteiger partial charge in [0, 0.05) is 19.2 Å². The monoisotopic (exact) mass is 226 g/mol. The van der Waals surface area contributed by atoms with E-state index in [0.29, 0.717) is 11.6 Å². The van der Waals surface area contributed by atoms with Gasteiger partial charge in [-0.1, -0.05) is 6.92 Å². The fraction of sp³-hybridized carbons (Fsp3) is 0.500. The molecule has 0 bridgehead atoms. The van der Waals surface area contributed by atoms with Gasteiger partial charge in [-0.05, 0) is 24.8 Å². The Labute approximate surface area is 94.0 Å². The first kappa shape index (κ1) is 11.2. The number of hydrogen-bond donors (Lipinski definition) is 1.